The molecule has 1 heterocycles. The van der Waals surface area contributed by atoms with Crippen LogP contribution >= 0.6 is 0 Å². The number of nitrogens with zero attached hydrogens (tertiary/aromatic N) is 2. The van der Waals surface area contributed by atoms with Crippen LogP contribution in [-0.4, -0.2) is 4.57 Å². The highest BCUT2D eigenvalue weighted by atomic mass is 15.2. The molecule has 0 aliphatic rings. The molecule has 1 aromatic heterocycles. The van der Waals surface area contributed by atoms with Gasteiger partial charge in [0.1, 0.15) is 23.8 Å². The summed E-state index contributed by atoms with van der Waals surface area (Å²) in [5.74, 6) is 1.17. The van der Waals surface area contributed by atoms with Crippen molar-refractivity contribution in [2.75, 3.05) is 0 Å². The van der Waals surface area contributed by atoms with Crippen molar-refractivity contribution in [1.29, 1.82) is 0 Å². The van der Waals surface area contributed by atoms with Crippen molar-refractivity contribution in [2.45, 2.75) is 92.4 Å². The molecule has 0 saturated heterocycles. The normalized spacial score (nSPS) is 12.5. The first-order chi connectivity index (χ1) is 20.1. The van der Waals surface area contributed by atoms with E-state index in [-0.39, 0.29) is 16.2 Å². The van der Waals surface area contributed by atoms with Crippen molar-refractivity contribution in [3.8, 4) is 33.6 Å². The third-order valence-electron chi connectivity index (χ3n) is 8.84. The van der Waals surface area contributed by atoms with Crippen LogP contribution in [0.2, 0.25) is 0 Å². The molecule has 5 aromatic rings. The second-order valence-electron chi connectivity index (χ2n) is 15.1. The van der Waals surface area contributed by atoms with Gasteiger partial charge in [0.2, 0.25) is 0 Å². The molecule has 0 aliphatic heterocycles. The lowest BCUT2D eigenvalue weighted by Gasteiger charge is -2.22. The van der Waals surface area contributed by atoms with Gasteiger partial charge in [0, 0.05) is 18.1 Å². The monoisotopic (exact) mass is 569 g/mol. The van der Waals surface area contributed by atoms with Crippen LogP contribution < -0.4 is 4.57 Å². The lowest BCUT2D eigenvalue weighted by atomic mass is 9.83. The van der Waals surface area contributed by atoms with Crippen LogP contribution in [0.15, 0.2) is 97.3 Å². The predicted octanol–water partition coefficient (Wildman–Crippen LogP) is 10.6. The summed E-state index contributed by atoms with van der Waals surface area (Å²) in [6.45, 7) is 25.0. The van der Waals surface area contributed by atoms with Crippen LogP contribution in [0.1, 0.15) is 90.4 Å². The zero-order chi connectivity index (χ0) is 31.3. The van der Waals surface area contributed by atoms with Crippen LogP contribution in [0.5, 0.6) is 0 Å². The lowest BCUT2D eigenvalue weighted by Crippen LogP contribution is -2.34. The Morgan fingerprint density at radius 1 is 0.535 bits per heavy atom. The summed E-state index contributed by atoms with van der Waals surface area (Å²) >= 11 is 0. The lowest BCUT2D eigenvalue weighted by molar-refractivity contribution is -0.600. The van der Waals surface area contributed by atoms with Crippen molar-refractivity contribution < 1.29 is 4.57 Å². The molecule has 0 unspecified atom stereocenters. The van der Waals surface area contributed by atoms with Gasteiger partial charge in [0.25, 0.3) is 5.82 Å². The molecular weight excluding hydrogens is 520 g/mol. The Balaban J connectivity index is 1.74. The zero-order valence-corrected chi connectivity index (χ0v) is 28.1. The van der Waals surface area contributed by atoms with Gasteiger partial charge >= 0.3 is 0 Å². The zero-order valence-electron chi connectivity index (χ0n) is 28.1. The van der Waals surface area contributed by atoms with Crippen LogP contribution in [-0.2, 0) is 16.2 Å². The molecule has 222 valence electrons. The van der Waals surface area contributed by atoms with E-state index in [9.17, 15) is 0 Å². The predicted molar refractivity (Wildman–Crippen MR) is 184 cm³/mol. The summed E-state index contributed by atoms with van der Waals surface area (Å²) in [5, 5.41) is 0. The molecule has 0 spiro atoms. The van der Waals surface area contributed by atoms with E-state index in [0.29, 0.717) is 0 Å². The maximum atomic E-state index is 2.38. The molecule has 5 rings (SSSR count). The maximum Gasteiger partial charge on any atom is 0.263 e. The fraction of sp³-hybridized carbons (Fsp3) is 0.341. The highest BCUT2D eigenvalue weighted by Crippen LogP contribution is 2.36. The largest absolute Gasteiger partial charge is 0.263 e. The average Bonchev–Trinajstić information content (AvgIpc) is 3.31. The molecule has 0 bridgehead atoms. The van der Waals surface area contributed by atoms with Gasteiger partial charge in [0.05, 0.1) is 0 Å². The molecule has 2 heteroatoms. The summed E-state index contributed by atoms with van der Waals surface area (Å²) in [6.07, 6.45) is 4.45. The van der Waals surface area contributed by atoms with Crippen LogP contribution in [0.3, 0.4) is 0 Å². The van der Waals surface area contributed by atoms with Gasteiger partial charge in [0.15, 0.2) is 0 Å². The summed E-state index contributed by atoms with van der Waals surface area (Å²) in [4.78, 5) is 0. The van der Waals surface area contributed by atoms with E-state index < -0.39 is 0 Å². The van der Waals surface area contributed by atoms with E-state index in [0.717, 1.165) is 0 Å². The van der Waals surface area contributed by atoms with Crippen LogP contribution in [0, 0.1) is 13.8 Å². The molecular formula is C41H49N2+. The fourth-order valence-electron chi connectivity index (χ4n) is 6.22. The number of benzene rings is 4. The summed E-state index contributed by atoms with van der Waals surface area (Å²) in [5.41, 5.74) is 13.0. The summed E-state index contributed by atoms with van der Waals surface area (Å²) in [6, 6.07) is 31.7. The van der Waals surface area contributed by atoms with Gasteiger partial charge in [-0.1, -0.05) is 141 Å². The molecule has 0 aliphatic carbocycles. The van der Waals surface area contributed by atoms with Gasteiger partial charge in [-0.05, 0) is 62.6 Å². The Morgan fingerprint density at radius 2 is 1.00 bits per heavy atom. The van der Waals surface area contributed by atoms with Crippen molar-refractivity contribution in [3.63, 3.8) is 0 Å². The second-order valence-corrected chi connectivity index (χ2v) is 15.1. The van der Waals surface area contributed by atoms with Crippen molar-refractivity contribution >= 4 is 0 Å². The number of hydrogen-bond donors (Lipinski definition) is 0. The van der Waals surface area contributed by atoms with E-state index >= 15 is 0 Å². The number of imidazole rings is 1. The van der Waals surface area contributed by atoms with Crippen LogP contribution in [0.4, 0.5) is 0 Å². The molecule has 0 radical (unpaired) electrons. The van der Waals surface area contributed by atoms with E-state index in [1.165, 1.54) is 61.7 Å². The average molecular weight is 570 g/mol. The third-order valence-corrected chi connectivity index (χ3v) is 8.84. The first kappa shape index (κ1) is 30.5. The molecule has 0 amide bonds. The Hall–Kier alpha value is -3.91. The minimum Gasteiger partial charge on any atom is -0.199 e. The molecule has 0 N–H and O–H groups in total. The molecule has 0 saturated carbocycles. The number of para-hydroxylation sites is 1. The highest BCUT2D eigenvalue weighted by molar-refractivity contribution is 5.83. The van der Waals surface area contributed by atoms with Gasteiger partial charge in [-0.2, -0.15) is 9.13 Å². The summed E-state index contributed by atoms with van der Waals surface area (Å²) < 4.78 is 4.72. The SMILES string of the molecule is Cc1c(-n2cc[n+](-c3c(-c4ccc(C(C)(C)C)cc4)cccc3-c3ccc(C(C)(C)C)cc3)c2C)cccc1C(C)(C)C. The van der Waals surface area contributed by atoms with Gasteiger partial charge in [-0.15, -0.1) is 0 Å². The number of aromatic nitrogens is 2. The van der Waals surface area contributed by atoms with Crippen molar-refractivity contribution in [3.05, 3.63) is 125 Å². The Morgan fingerprint density at radius 3 is 1.44 bits per heavy atom. The molecule has 0 atom stereocenters. The van der Waals surface area contributed by atoms with E-state index in [2.05, 4.69) is 183 Å². The van der Waals surface area contributed by atoms with Crippen molar-refractivity contribution in [2.24, 2.45) is 0 Å². The first-order valence-electron chi connectivity index (χ1n) is 15.6. The number of rotatable bonds is 4. The molecule has 43 heavy (non-hydrogen) atoms. The van der Waals surface area contributed by atoms with E-state index in [1.54, 1.807) is 0 Å². The Labute approximate surface area is 260 Å². The first-order valence-corrected chi connectivity index (χ1v) is 15.6. The quantitative estimate of drug-likeness (QED) is 0.190. The maximum absolute atomic E-state index is 2.38. The summed E-state index contributed by atoms with van der Waals surface area (Å²) in [7, 11) is 0. The minimum absolute atomic E-state index is 0.0787. The van der Waals surface area contributed by atoms with Gasteiger partial charge in [-0.3, -0.25) is 0 Å². The molecule has 0 fully saturated rings. The third kappa shape index (κ3) is 5.98. The van der Waals surface area contributed by atoms with E-state index in [4.69, 9.17) is 0 Å². The molecule has 4 aromatic carbocycles. The van der Waals surface area contributed by atoms with Gasteiger partial charge in [-0.25, -0.2) is 0 Å². The smallest absolute Gasteiger partial charge is 0.199 e. The molecule has 2 nitrogen and oxygen atoms in total. The Bertz CT molecular complexity index is 1670. The van der Waals surface area contributed by atoms with E-state index in [1.807, 2.05) is 0 Å². The fourth-order valence-corrected chi connectivity index (χ4v) is 6.22. The standard InChI is InChI=1S/C41H49N2/c1-28-36(41(9,10)11)16-13-17-37(28)42-26-27-43(29(42)2)38-34(30-18-22-32(23-19-30)39(3,4)5)14-12-15-35(38)31-20-24-33(25-21-31)40(6,7)8/h12-27H,1-11H3/q+1. The van der Waals surface area contributed by atoms with Gasteiger partial charge < -0.3 is 0 Å². The Kier molecular flexibility index (Phi) is 7.80. The second kappa shape index (κ2) is 11.0. The highest BCUT2D eigenvalue weighted by Gasteiger charge is 2.26. The number of hydrogen-bond acceptors (Lipinski definition) is 0. The van der Waals surface area contributed by atoms with Crippen LogP contribution in [0.25, 0.3) is 33.6 Å². The van der Waals surface area contributed by atoms with Crippen molar-refractivity contribution in [1.82, 2.24) is 4.57 Å². The topological polar surface area (TPSA) is 8.81 Å². The minimum atomic E-state index is 0.0787.